The quantitative estimate of drug-likeness (QED) is 0.774. The van der Waals surface area contributed by atoms with Gasteiger partial charge in [-0.25, -0.2) is 14.3 Å². The third-order valence-corrected chi connectivity index (χ3v) is 2.20. The molecule has 16 heavy (non-hydrogen) atoms. The Kier molecular flexibility index (Phi) is 3.00. The fourth-order valence-electron chi connectivity index (χ4n) is 1.27. The number of ether oxygens (including phenoxy) is 1. The molecule has 0 unspecified atom stereocenters. The van der Waals surface area contributed by atoms with E-state index in [2.05, 4.69) is 4.98 Å². The topological polar surface area (TPSA) is 44.1 Å². The molecule has 1 aromatic heterocycles. The maximum Gasteiger partial charge on any atom is 0.419 e. The largest absolute Gasteiger partial charge is 0.444 e. The number of benzene rings is 1. The number of imidazole rings is 1. The molecule has 0 bridgehead atoms. The second-order valence-corrected chi connectivity index (χ2v) is 3.51. The molecule has 0 aliphatic rings. The summed E-state index contributed by atoms with van der Waals surface area (Å²) in [6.07, 6.45) is 4.08. The number of aryl methyl sites for hydroxylation is 1. The number of hydrogen-bond acceptors (Lipinski definition) is 3. The van der Waals surface area contributed by atoms with Crippen molar-refractivity contribution in [1.29, 1.82) is 0 Å². The van der Waals surface area contributed by atoms with Crippen LogP contribution < -0.4 is 0 Å². The van der Waals surface area contributed by atoms with Crippen molar-refractivity contribution in [2.24, 2.45) is 0 Å². The molecule has 4 heteroatoms. The fraction of sp³-hybridized carbons (Fsp3) is 0.167. The summed E-state index contributed by atoms with van der Waals surface area (Å²) in [5, 5.41) is 0. The van der Waals surface area contributed by atoms with E-state index in [0.717, 1.165) is 5.56 Å². The van der Waals surface area contributed by atoms with Crippen molar-refractivity contribution in [3.63, 3.8) is 0 Å². The first-order chi connectivity index (χ1) is 7.75. The van der Waals surface area contributed by atoms with Gasteiger partial charge in [0, 0.05) is 12.4 Å². The first-order valence-corrected chi connectivity index (χ1v) is 4.96. The van der Waals surface area contributed by atoms with Gasteiger partial charge in [-0.3, -0.25) is 0 Å². The van der Waals surface area contributed by atoms with Gasteiger partial charge in [0.15, 0.2) is 0 Å². The van der Waals surface area contributed by atoms with Gasteiger partial charge in [0.25, 0.3) is 0 Å². The summed E-state index contributed by atoms with van der Waals surface area (Å²) in [5.74, 6) is 0. The first kappa shape index (κ1) is 10.4. The van der Waals surface area contributed by atoms with Crippen molar-refractivity contribution >= 4 is 6.09 Å². The summed E-state index contributed by atoms with van der Waals surface area (Å²) < 4.78 is 6.40. The lowest BCUT2D eigenvalue weighted by Gasteiger charge is -2.04. The maximum absolute atomic E-state index is 11.4. The molecule has 0 saturated carbocycles. The lowest BCUT2D eigenvalue weighted by Crippen LogP contribution is -2.11. The molecule has 0 radical (unpaired) electrons. The summed E-state index contributed by atoms with van der Waals surface area (Å²) in [6.45, 7) is 2.29. The van der Waals surface area contributed by atoms with Gasteiger partial charge in [0.2, 0.25) is 0 Å². The molecule has 82 valence electrons. The zero-order chi connectivity index (χ0) is 11.4. The first-order valence-electron chi connectivity index (χ1n) is 4.96. The Hall–Kier alpha value is -2.10. The van der Waals surface area contributed by atoms with Gasteiger partial charge in [0.1, 0.15) is 12.9 Å². The average molecular weight is 216 g/mol. The van der Waals surface area contributed by atoms with Crippen LogP contribution in [0, 0.1) is 6.92 Å². The Bertz CT molecular complexity index is 460. The van der Waals surface area contributed by atoms with Gasteiger partial charge in [-0.05, 0) is 12.5 Å². The number of rotatable bonds is 2. The molecular formula is C12H12N2O2. The van der Waals surface area contributed by atoms with Crippen LogP contribution in [0.25, 0.3) is 0 Å². The highest BCUT2D eigenvalue weighted by atomic mass is 16.5. The lowest BCUT2D eigenvalue weighted by molar-refractivity contribution is 0.141. The molecule has 2 aromatic rings. The Morgan fingerprint density at radius 2 is 2.12 bits per heavy atom. The van der Waals surface area contributed by atoms with E-state index in [-0.39, 0.29) is 6.61 Å². The molecule has 0 spiro atoms. The van der Waals surface area contributed by atoms with E-state index >= 15 is 0 Å². The Labute approximate surface area is 93.5 Å². The van der Waals surface area contributed by atoms with Gasteiger partial charge in [-0.1, -0.05) is 29.8 Å². The molecule has 0 N–H and O–H groups in total. The van der Waals surface area contributed by atoms with Crippen molar-refractivity contribution in [2.75, 3.05) is 0 Å². The molecular weight excluding hydrogens is 204 g/mol. The van der Waals surface area contributed by atoms with Crippen LogP contribution in [-0.4, -0.2) is 15.6 Å². The van der Waals surface area contributed by atoms with Crippen LogP contribution in [0.2, 0.25) is 0 Å². The third-order valence-electron chi connectivity index (χ3n) is 2.20. The molecule has 0 aliphatic carbocycles. The number of nitrogens with zero attached hydrogens (tertiary/aromatic N) is 2. The predicted octanol–water partition coefficient (Wildman–Crippen LogP) is 2.38. The minimum atomic E-state index is -0.418. The summed E-state index contributed by atoms with van der Waals surface area (Å²) in [7, 11) is 0. The Morgan fingerprint density at radius 3 is 2.75 bits per heavy atom. The molecule has 0 fully saturated rings. The van der Waals surface area contributed by atoms with Crippen LogP contribution in [0.5, 0.6) is 0 Å². The van der Waals surface area contributed by atoms with Gasteiger partial charge in [0.05, 0.1) is 0 Å². The molecule has 4 nitrogen and oxygen atoms in total. The second kappa shape index (κ2) is 4.61. The van der Waals surface area contributed by atoms with Crippen LogP contribution in [0.1, 0.15) is 11.1 Å². The summed E-state index contributed by atoms with van der Waals surface area (Å²) in [6, 6.07) is 7.85. The van der Waals surface area contributed by atoms with Crippen molar-refractivity contribution in [1.82, 2.24) is 9.55 Å². The van der Waals surface area contributed by atoms with Crippen molar-refractivity contribution in [2.45, 2.75) is 13.5 Å². The number of hydrogen-bond donors (Lipinski definition) is 0. The molecule has 2 rings (SSSR count). The Balaban J connectivity index is 1.93. The van der Waals surface area contributed by atoms with Gasteiger partial charge < -0.3 is 4.74 Å². The van der Waals surface area contributed by atoms with Gasteiger partial charge >= 0.3 is 6.09 Å². The molecule has 1 heterocycles. The third kappa shape index (κ3) is 2.48. The monoisotopic (exact) mass is 216 g/mol. The van der Waals surface area contributed by atoms with E-state index in [1.807, 2.05) is 31.2 Å². The van der Waals surface area contributed by atoms with Gasteiger partial charge in [-0.15, -0.1) is 0 Å². The smallest absolute Gasteiger partial charge is 0.419 e. The van der Waals surface area contributed by atoms with E-state index in [4.69, 9.17) is 4.74 Å². The van der Waals surface area contributed by atoms with Crippen molar-refractivity contribution < 1.29 is 9.53 Å². The van der Waals surface area contributed by atoms with Crippen LogP contribution in [-0.2, 0) is 11.3 Å². The molecule has 0 saturated heterocycles. The van der Waals surface area contributed by atoms with E-state index in [1.165, 1.54) is 22.7 Å². The molecule has 1 aromatic carbocycles. The van der Waals surface area contributed by atoms with Crippen LogP contribution in [0.4, 0.5) is 4.79 Å². The second-order valence-electron chi connectivity index (χ2n) is 3.51. The Morgan fingerprint density at radius 1 is 1.38 bits per heavy atom. The van der Waals surface area contributed by atoms with Crippen LogP contribution in [0.15, 0.2) is 43.0 Å². The van der Waals surface area contributed by atoms with E-state index in [9.17, 15) is 4.79 Å². The normalized spacial score (nSPS) is 10.1. The summed E-state index contributed by atoms with van der Waals surface area (Å²) in [5.41, 5.74) is 2.16. The van der Waals surface area contributed by atoms with Crippen molar-refractivity contribution in [3.8, 4) is 0 Å². The molecule has 0 aliphatic heterocycles. The fourth-order valence-corrected chi connectivity index (χ4v) is 1.27. The minimum absolute atomic E-state index is 0.275. The van der Waals surface area contributed by atoms with E-state index in [1.54, 1.807) is 6.20 Å². The number of aromatic nitrogens is 2. The highest BCUT2D eigenvalue weighted by molar-refractivity contribution is 5.69. The molecule has 0 atom stereocenters. The average Bonchev–Trinajstić information content (AvgIpc) is 2.81. The number of carbonyl (C=O) groups excluding carboxylic acids is 1. The van der Waals surface area contributed by atoms with Crippen LogP contribution in [0.3, 0.4) is 0 Å². The highest BCUT2D eigenvalue weighted by Gasteiger charge is 2.04. The van der Waals surface area contributed by atoms with E-state index in [0.29, 0.717) is 0 Å². The van der Waals surface area contributed by atoms with Gasteiger partial charge in [-0.2, -0.15) is 0 Å². The zero-order valence-corrected chi connectivity index (χ0v) is 8.96. The lowest BCUT2D eigenvalue weighted by atomic mass is 10.2. The minimum Gasteiger partial charge on any atom is -0.444 e. The SMILES string of the molecule is Cc1ccc(COC(=O)n2ccnc2)cc1. The number of carbonyl (C=O) groups is 1. The highest BCUT2D eigenvalue weighted by Crippen LogP contribution is 2.05. The van der Waals surface area contributed by atoms with Crippen LogP contribution >= 0.6 is 0 Å². The maximum atomic E-state index is 11.4. The zero-order valence-electron chi connectivity index (χ0n) is 8.96. The summed E-state index contributed by atoms with van der Waals surface area (Å²) >= 11 is 0. The standard InChI is InChI=1S/C12H12N2O2/c1-10-2-4-11(5-3-10)8-16-12(15)14-7-6-13-9-14/h2-7,9H,8H2,1H3. The van der Waals surface area contributed by atoms with E-state index < -0.39 is 6.09 Å². The summed E-state index contributed by atoms with van der Waals surface area (Å²) in [4.78, 5) is 15.2. The predicted molar refractivity (Wildman–Crippen MR) is 59.0 cm³/mol. The molecule has 0 amide bonds. The van der Waals surface area contributed by atoms with Crippen molar-refractivity contribution in [3.05, 3.63) is 54.1 Å².